The molecule has 0 aromatic carbocycles. The first-order valence-corrected chi connectivity index (χ1v) is 9.18. The van der Waals surface area contributed by atoms with Gasteiger partial charge in [-0.15, -0.1) is 0 Å². The Kier molecular flexibility index (Phi) is 5.81. The lowest BCUT2D eigenvalue weighted by atomic mass is 10.2. The SMILES string of the molecule is CN(C)C[C@H]1C[C@@H](O)CN1c1cc(NCc2cnc(N(C)C)n2C)ncn1. The molecule has 2 N–H and O–H groups in total. The normalized spacial score (nSPS) is 19.7. The molecular weight excluding hydrogens is 344 g/mol. The fourth-order valence-corrected chi connectivity index (χ4v) is 3.56. The van der Waals surface area contributed by atoms with Crippen LogP contribution in [-0.2, 0) is 13.6 Å². The van der Waals surface area contributed by atoms with Crippen LogP contribution in [0.5, 0.6) is 0 Å². The number of hydrogen-bond donors (Lipinski definition) is 2. The van der Waals surface area contributed by atoms with E-state index in [1.165, 1.54) is 0 Å². The maximum Gasteiger partial charge on any atom is 0.204 e. The summed E-state index contributed by atoms with van der Waals surface area (Å²) in [5.41, 5.74) is 1.07. The van der Waals surface area contributed by atoms with E-state index in [0.29, 0.717) is 13.1 Å². The van der Waals surface area contributed by atoms with E-state index < -0.39 is 0 Å². The molecule has 0 unspecified atom stereocenters. The van der Waals surface area contributed by atoms with Crippen molar-refractivity contribution in [1.82, 2.24) is 24.4 Å². The summed E-state index contributed by atoms with van der Waals surface area (Å²) in [6.45, 7) is 2.10. The number of likely N-dealkylation sites (N-methyl/N-ethyl adjacent to an activating group) is 1. The Bertz CT molecular complexity index is 760. The number of anilines is 3. The Balaban J connectivity index is 1.70. The zero-order valence-corrected chi connectivity index (χ0v) is 16.8. The Morgan fingerprint density at radius 1 is 1.22 bits per heavy atom. The number of aliphatic hydroxyl groups excluding tert-OH is 1. The Hall–Kier alpha value is -2.39. The first-order valence-electron chi connectivity index (χ1n) is 9.18. The summed E-state index contributed by atoms with van der Waals surface area (Å²) in [7, 11) is 10.1. The van der Waals surface area contributed by atoms with Crippen LogP contribution in [0, 0.1) is 0 Å². The van der Waals surface area contributed by atoms with Crippen LogP contribution in [0.1, 0.15) is 12.1 Å². The molecule has 3 heterocycles. The van der Waals surface area contributed by atoms with Crippen molar-refractivity contribution in [2.24, 2.45) is 7.05 Å². The summed E-state index contributed by atoms with van der Waals surface area (Å²) in [4.78, 5) is 19.5. The summed E-state index contributed by atoms with van der Waals surface area (Å²) in [6, 6.07) is 2.20. The summed E-state index contributed by atoms with van der Waals surface area (Å²) >= 11 is 0. The van der Waals surface area contributed by atoms with Crippen molar-refractivity contribution >= 4 is 17.6 Å². The maximum absolute atomic E-state index is 10.1. The minimum Gasteiger partial charge on any atom is -0.391 e. The first-order chi connectivity index (χ1) is 12.8. The van der Waals surface area contributed by atoms with Gasteiger partial charge in [0.05, 0.1) is 24.5 Å². The second-order valence-electron chi connectivity index (χ2n) is 7.58. The van der Waals surface area contributed by atoms with Crippen LogP contribution < -0.4 is 15.1 Å². The highest BCUT2D eigenvalue weighted by Gasteiger charge is 2.32. The predicted octanol–water partition coefficient (Wildman–Crippen LogP) is 0.389. The summed E-state index contributed by atoms with van der Waals surface area (Å²) in [5, 5.41) is 13.5. The van der Waals surface area contributed by atoms with Crippen molar-refractivity contribution < 1.29 is 5.11 Å². The van der Waals surface area contributed by atoms with E-state index in [0.717, 1.165) is 36.2 Å². The fourth-order valence-electron chi connectivity index (χ4n) is 3.56. The molecule has 0 saturated carbocycles. The third-order valence-electron chi connectivity index (χ3n) is 4.83. The van der Waals surface area contributed by atoms with Crippen LogP contribution in [-0.4, -0.2) is 83.0 Å². The van der Waals surface area contributed by atoms with E-state index >= 15 is 0 Å². The Morgan fingerprint density at radius 2 is 2.00 bits per heavy atom. The minimum atomic E-state index is -0.319. The number of imidazole rings is 1. The van der Waals surface area contributed by atoms with Gasteiger partial charge in [0, 0.05) is 46.3 Å². The Labute approximate surface area is 160 Å². The van der Waals surface area contributed by atoms with Crippen LogP contribution in [0.2, 0.25) is 0 Å². The molecule has 1 fully saturated rings. The van der Waals surface area contributed by atoms with Gasteiger partial charge in [-0.05, 0) is 20.5 Å². The third kappa shape index (κ3) is 4.48. The summed E-state index contributed by atoms with van der Waals surface area (Å²) in [5.74, 6) is 2.51. The highest BCUT2D eigenvalue weighted by Crippen LogP contribution is 2.26. The minimum absolute atomic E-state index is 0.248. The smallest absolute Gasteiger partial charge is 0.204 e. The average Bonchev–Trinajstić information content (AvgIpc) is 3.15. The quantitative estimate of drug-likeness (QED) is 0.720. The molecule has 1 saturated heterocycles. The lowest BCUT2D eigenvalue weighted by Crippen LogP contribution is -2.38. The lowest BCUT2D eigenvalue weighted by molar-refractivity contribution is 0.191. The number of aromatic nitrogens is 4. The van der Waals surface area contributed by atoms with Crippen LogP contribution in [0.25, 0.3) is 0 Å². The number of aliphatic hydroxyl groups is 1. The Morgan fingerprint density at radius 3 is 2.67 bits per heavy atom. The standard InChI is InChI=1S/C18H30N8O/c1-23(2)10-13-6-15(27)11-26(13)17-7-16(21-12-22-17)19-8-14-9-20-18(24(3)4)25(14)5/h7,9,12-13,15,27H,6,8,10-11H2,1-5H3,(H,19,21,22)/t13-,15-/m1/s1. The van der Waals surface area contributed by atoms with Gasteiger partial charge in [-0.2, -0.15) is 0 Å². The van der Waals surface area contributed by atoms with Gasteiger partial charge in [0.25, 0.3) is 0 Å². The van der Waals surface area contributed by atoms with E-state index in [1.807, 2.05) is 52.4 Å². The van der Waals surface area contributed by atoms with E-state index in [2.05, 4.69) is 34.6 Å². The molecule has 2 aromatic rings. The van der Waals surface area contributed by atoms with Crippen molar-refractivity contribution in [3.63, 3.8) is 0 Å². The predicted molar refractivity (Wildman–Crippen MR) is 107 cm³/mol. The molecule has 9 nitrogen and oxygen atoms in total. The fraction of sp³-hybridized carbons (Fsp3) is 0.611. The average molecular weight is 374 g/mol. The second kappa shape index (κ2) is 8.10. The monoisotopic (exact) mass is 374 g/mol. The molecule has 0 bridgehead atoms. The number of nitrogens with one attached hydrogen (secondary N) is 1. The number of hydrogen-bond acceptors (Lipinski definition) is 8. The molecule has 27 heavy (non-hydrogen) atoms. The van der Waals surface area contributed by atoms with Crippen molar-refractivity contribution in [3.05, 3.63) is 24.3 Å². The molecule has 3 rings (SSSR count). The molecule has 2 atom stereocenters. The topological polar surface area (TPSA) is 85.6 Å². The molecule has 1 aliphatic rings. The first kappa shape index (κ1) is 19.4. The van der Waals surface area contributed by atoms with E-state index in [-0.39, 0.29) is 12.1 Å². The molecule has 0 radical (unpaired) electrons. The van der Waals surface area contributed by atoms with Gasteiger partial charge in [0.2, 0.25) is 5.95 Å². The van der Waals surface area contributed by atoms with Crippen LogP contribution in [0.3, 0.4) is 0 Å². The molecular formula is C18H30N8O. The molecule has 0 amide bonds. The van der Waals surface area contributed by atoms with Crippen LogP contribution in [0.15, 0.2) is 18.6 Å². The second-order valence-corrected chi connectivity index (χ2v) is 7.58. The summed E-state index contributed by atoms with van der Waals surface area (Å²) < 4.78 is 2.05. The van der Waals surface area contributed by atoms with Crippen molar-refractivity contribution in [1.29, 1.82) is 0 Å². The molecule has 2 aromatic heterocycles. The van der Waals surface area contributed by atoms with Gasteiger partial charge >= 0.3 is 0 Å². The summed E-state index contributed by atoms with van der Waals surface area (Å²) in [6.07, 6.45) is 3.88. The highest BCUT2D eigenvalue weighted by molar-refractivity contribution is 5.50. The zero-order valence-electron chi connectivity index (χ0n) is 16.8. The molecule has 0 aliphatic carbocycles. The van der Waals surface area contributed by atoms with E-state index in [1.54, 1.807) is 6.33 Å². The highest BCUT2D eigenvalue weighted by atomic mass is 16.3. The van der Waals surface area contributed by atoms with Gasteiger partial charge in [0.15, 0.2) is 0 Å². The van der Waals surface area contributed by atoms with Crippen molar-refractivity contribution in [2.45, 2.75) is 25.1 Å². The molecule has 9 heteroatoms. The molecule has 1 aliphatic heterocycles. The largest absolute Gasteiger partial charge is 0.391 e. The van der Waals surface area contributed by atoms with Crippen molar-refractivity contribution in [3.8, 4) is 0 Å². The van der Waals surface area contributed by atoms with Crippen LogP contribution in [0.4, 0.5) is 17.6 Å². The van der Waals surface area contributed by atoms with Gasteiger partial charge in [-0.1, -0.05) is 0 Å². The number of nitrogens with zero attached hydrogens (tertiary/aromatic N) is 7. The maximum atomic E-state index is 10.1. The van der Waals surface area contributed by atoms with E-state index in [9.17, 15) is 5.11 Å². The lowest BCUT2D eigenvalue weighted by Gasteiger charge is -2.27. The van der Waals surface area contributed by atoms with Gasteiger partial charge in [0.1, 0.15) is 18.0 Å². The van der Waals surface area contributed by atoms with Gasteiger partial charge < -0.3 is 29.7 Å². The number of rotatable bonds is 7. The third-order valence-corrected chi connectivity index (χ3v) is 4.83. The van der Waals surface area contributed by atoms with E-state index in [4.69, 9.17) is 0 Å². The van der Waals surface area contributed by atoms with Gasteiger partial charge in [-0.3, -0.25) is 0 Å². The van der Waals surface area contributed by atoms with Gasteiger partial charge in [-0.25, -0.2) is 15.0 Å². The zero-order chi connectivity index (χ0) is 19.6. The molecule has 0 spiro atoms. The number of β-amino-alcohol motifs (C(OH)–C–C–N with tert-alkyl or cyclic N) is 1. The molecule has 148 valence electrons. The van der Waals surface area contributed by atoms with Crippen LogP contribution >= 0.6 is 0 Å². The van der Waals surface area contributed by atoms with Crippen molar-refractivity contribution in [2.75, 3.05) is 56.4 Å².